The van der Waals surface area contributed by atoms with E-state index in [-0.39, 0.29) is 22.8 Å². The van der Waals surface area contributed by atoms with E-state index in [0.717, 1.165) is 0 Å². The fourth-order valence-corrected chi connectivity index (χ4v) is 2.67. The Labute approximate surface area is 152 Å². The SMILES string of the molecule is CCCc1c(OC(C(=O)O)c2ccc(OC)cc2)ccc(C(C)=O)c1O. The highest BCUT2D eigenvalue weighted by molar-refractivity contribution is 5.97. The summed E-state index contributed by atoms with van der Waals surface area (Å²) in [6.07, 6.45) is -0.0953. The smallest absolute Gasteiger partial charge is 0.349 e. The summed E-state index contributed by atoms with van der Waals surface area (Å²) >= 11 is 0. The first-order valence-corrected chi connectivity index (χ1v) is 8.28. The second-order valence-corrected chi connectivity index (χ2v) is 5.85. The van der Waals surface area contributed by atoms with Crippen LogP contribution in [0.4, 0.5) is 0 Å². The monoisotopic (exact) mass is 358 g/mol. The third-order valence-corrected chi connectivity index (χ3v) is 4.01. The van der Waals surface area contributed by atoms with Crippen LogP contribution in [0.5, 0.6) is 17.2 Å². The summed E-state index contributed by atoms with van der Waals surface area (Å²) in [5.74, 6) is -0.731. The molecule has 0 spiro atoms. The summed E-state index contributed by atoms with van der Waals surface area (Å²) in [6.45, 7) is 3.28. The van der Waals surface area contributed by atoms with Crippen LogP contribution in [0.25, 0.3) is 0 Å². The van der Waals surface area contributed by atoms with Gasteiger partial charge in [0.25, 0.3) is 0 Å². The summed E-state index contributed by atoms with van der Waals surface area (Å²) < 4.78 is 10.8. The molecular weight excluding hydrogens is 336 g/mol. The van der Waals surface area contributed by atoms with Gasteiger partial charge >= 0.3 is 5.97 Å². The van der Waals surface area contributed by atoms with Gasteiger partial charge in [0.05, 0.1) is 12.7 Å². The van der Waals surface area contributed by atoms with Crippen molar-refractivity contribution in [3.8, 4) is 17.2 Å². The molecule has 0 aliphatic rings. The Bertz CT molecular complexity index is 795. The standard InChI is InChI=1S/C20H22O6/c1-4-5-16-17(11-10-15(12(2)21)18(16)22)26-19(20(23)24)13-6-8-14(25-3)9-7-13/h6-11,19,22H,4-5H2,1-3H3,(H,23,24). The molecule has 0 aliphatic carbocycles. The highest BCUT2D eigenvalue weighted by atomic mass is 16.5. The number of aliphatic carboxylic acids is 1. The highest BCUT2D eigenvalue weighted by Gasteiger charge is 2.25. The van der Waals surface area contributed by atoms with E-state index in [1.165, 1.54) is 26.2 Å². The van der Waals surface area contributed by atoms with Crippen molar-refractivity contribution in [1.82, 2.24) is 0 Å². The van der Waals surface area contributed by atoms with Crippen molar-refractivity contribution < 1.29 is 29.3 Å². The summed E-state index contributed by atoms with van der Waals surface area (Å²) in [5, 5.41) is 20.0. The lowest BCUT2D eigenvalue weighted by atomic mass is 10.0. The number of carboxylic acids is 1. The number of carboxylic acid groups (broad SMARTS) is 1. The molecule has 0 amide bonds. The number of aromatic hydroxyl groups is 1. The van der Waals surface area contributed by atoms with E-state index < -0.39 is 12.1 Å². The van der Waals surface area contributed by atoms with E-state index in [1.54, 1.807) is 24.3 Å². The molecule has 26 heavy (non-hydrogen) atoms. The van der Waals surface area contributed by atoms with Crippen LogP contribution >= 0.6 is 0 Å². The number of hydrogen-bond acceptors (Lipinski definition) is 5. The van der Waals surface area contributed by atoms with Gasteiger partial charge in [0.1, 0.15) is 17.2 Å². The fraction of sp³-hybridized carbons (Fsp3) is 0.300. The molecule has 2 N–H and O–H groups in total. The molecule has 0 saturated heterocycles. The number of ketones is 1. The minimum Gasteiger partial charge on any atom is -0.507 e. The van der Waals surface area contributed by atoms with Crippen molar-refractivity contribution in [2.75, 3.05) is 7.11 Å². The van der Waals surface area contributed by atoms with Gasteiger partial charge < -0.3 is 19.7 Å². The van der Waals surface area contributed by atoms with Crippen LogP contribution in [0, 0.1) is 0 Å². The Morgan fingerprint density at radius 3 is 2.27 bits per heavy atom. The quantitative estimate of drug-likeness (QED) is 0.698. The lowest BCUT2D eigenvalue weighted by molar-refractivity contribution is -0.145. The van der Waals surface area contributed by atoms with Crippen molar-refractivity contribution in [3.63, 3.8) is 0 Å². The van der Waals surface area contributed by atoms with Gasteiger partial charge in [-0.15, -0.1) is 0 Å². The number of carbonyl (C=O) groups is 2. The third kappa shape index (κ3) is 4.14. The molecular formula is C20H22O6. The van der Waals surface area contributed by atoms with Gasteiger partial charge in [-0.05, 0) is 37.6 Å². The van der Waals surface area contributed by atoms with Gasteiger partial charge in [-0.25, -0.2) is 4.79 Å². The molecule has 6 nitrogen and oxygen atoms in total. The predicted octanol–water partition coefficient (Wildman–Crippen LogP) is 3.76. The van der Waals surface area contributed by atoms with Crippen molar-refractivity contribution >= 4 is 11.8 Å². The number of ether oxygens (including phenoxy) is 2. The molecule has 0 aliphatic heterocycles. The van der Waals surface area contributed by atoms with Crippen LogP contribution in [0.2, 0.25) is 0 Å². The number of phenolic OH excluding ortho intramolecular Hbond substituents is 1. The maximum atomic E-state index is 11.7. The summed E-state index contributed by atoms with van der Waals surface area (Å²) in [7, 11) is 1.52. The minimum atomic E-state index is -1.25. The first-order valence-electron chi connectivity index (χ1n) is 8.28. The Morgan fingerprint density at radius 1 is 1.12 bits per heavy atom. The molecule has 2 aromatic carbocycles. The highest BCUT2D eigenvalue weighted by Crippen LogP contribution is 2.35. The van der Waals surface area contributed by atoms with Gasteiger partial charge in [0.2, 0.25) is 6.10 Å². The van der Waals surface area contributed by atoms with Crippen molar-refractivity contribution in [1.29, 1.82) is 0 Å². The molecule has 0 heterocycles. The topological polar surface area (TPSA) is 93.1 Å². The summed E-state index contributed by atoms with van der Waals surface area (Å²) in [4.78, 5) is 23.4. The lowest BCUT2D eigenvalue weighted by Gasteiger charge is -2.19. The number of hydrogen-bond donors (Lipinski definition) is 2. The van der Waals surface area contributed by atoms with E-state index in [2.05, 4.69) is 0 Å². The molecule has 0 aromatic heterocycles. The van der Waals surface area contributed by atoms with E-state index in [9.17, 15) is 19.8 Å². The Morgan fingerprint density at radius 2 is 1.77 bits per heavy atom. The first kappa shape index (κ1) is 19.3. The average Bonchev–Trinajstić information content (AvgIpc) is 2.61. The number of methoxy groups -OCH3 is 1. The van der Waals surface area contributed by atoms with Crippen molar-refractivity contribution in [2.24, 2.45) is 0 Å². The normalized spacial score (nSPS) is 11.7. The number of rotatable bonds is 8. The number of carbonyl (C=O) groups excluding carboxylic acids is 1. The first-order chi connectivity index (χ1) is 12.4. The molecule has 0 radical (unpaired) electrons. The Balaban J connectivity index is 2.43. The van der Waals surface area contributed by atoms with Crippen LogP contribution in [-0.4, -0.2) is 29.1 Å². The fourth-order valence-electron chi connectivity index (χ4n) is 2.67. The molecule has 1 unspecified atom stereocenters. The van der Waals surface area contributed by atoms with Crippen molar-refractivity contribution in [2.45, 2.75) is 32.8 Å². The van der Waals surface area contributed by atoms with Crippen LogP contribution in [-0.2, 0) is 11.2 Å². The summed E-state index contributed by atoms with van der Waals surface area (Å²) in [6, 6.07) is 9.50. The molecule has 0 saturated carbocycles. The van der Waals surface area contributed by atoms with Gasteiger partial charge in [-0.2, -0.15) is 0 Å². The second-order valence-electron chi connectivity index (χ2n) is 5.85. The number of phenols is 1. The van der Waals surface area contributed by atoms with Gasteiger partial charge in [-0.1, -0.05) is 25.5 Å². The predicted molar refractivity (Wildman–Crippen MR) is 96.1 cm³/mol. The third-order valence-electron chi connectivity index (χ3n) is 4.01. The number of benzene rings is 2. The molecule has 1 atom stereocenters. The lowest BCUT2D eigenvalue weighted by Crippen LogP contribution is -2.19. The molecule has 2 rings (SSSR count). The van der Waals surface area contributed by atoms with Crippen LogP contribution in [0.1, 0.15) is 47.9 Å². The maximum Gasteiger partial charge on any atom is 0.349 e. The van der Waals surface area contributed by atoms with Crippen LogP contribution in [0.15, 0.2) is 36.4 Å². The average molecular weight is 358 g/mol. The zero-order valence-corrected chi connectivity index (χ0v) is 15.0. The Hall–Kier alpha value is -3.02. The van der Waals surface area contributed by atoms with Crippen LogP contribution in [0.3, 0.4) is 0 Å². The maximum absolute atomic E-state index is 11.7. The zero-order valence-electron chi connectivity index (χ0n) is 15.0. The van der Waals surface area contributed by atoms with E-state index in [0.29, 0.717) is 29.7 Å². The van der Waals surface area contributed by atoms with E-state index >= 15 is 0 Å². The second kappa shape index (κ2) is 8.38. The largest absolute Gasteiger partial charge is 0.507 e. The number of Topliss-reactive ketones (excluding diaryl/α,β-unsaturated/α-hetero) is 1. The molecule has 0 bridgehead atoms. The molecule has 138 valence electrons. The van der Waals surface area contributed by atoms with Gasteiger partial charge in [0.15, 0.2) is 5.78 Å². The van der Waals surface area contributed by atoms with E-state index in [1.807, 2.05) is 6.92 Å². The Kier molecular flexibility index (Phi) is 6.22. The zero-order chi connectivity index (χ0) is 19.3. The van der Waals surface area contributed by atoms with Crippen LogP contribution < -0.4 is 9.47 Å². The van der Waals surface area contributed by atoms with Gasteiger partial charge in [0, 0.05) is 11.1 Å². The minimum absolute atomic E-state index is 0.157. The van der Waals surface area contributed by atoms with Crippen molar-refractivity contribution in [3.05, 3.63) is 53.1 Å². The van der Waals surface area contributed by atoms with E-state index in [4.69, 9.17) is 9.47 Å². The molecule has 2 aromatic rings. The summed E-state index contributed by atoms with van der Waals surface area (Å²) in [5.41, 5.74) is 1.06. The molecule has 0 fully saturated rings. The van der Waals surface area contributed by atoms with Gasteiger partial charge in [-0.3, -0.25) is 4.79 Å². The molecule has 6 heteroatoms.